The summed E-state index contributed by atoms with van der Waals surface area (Å²) in [5.41, 5.74) is 5.48. The summed E-state index contributed by atoms with van der Waals surface area (Å²) >= 11 is 0. The van der Waals surface area contributed by atoms with E-state index in [1.165, 1.54) is 32.2 Å². The Morgan fingerprint density at radius 2 is 1.90 bits per heavy atom. The van der Waals surface area contributed by atoms with Crippen molar-refractivity contribution < 1.29 is 49.0 Å². The lowest BCUT2D eigenvalue weighted by molar-refractivity contribution is -0.245. The Hall–Kier alpha value is -3.88. The van der Waals surface area contributed by atoms with E-state index >= 15 is 0 Å². The summed E-state index contributed by atoms with van der Waals surface area (Å²) in [6.45, 7) is 3.07. The quantitative estimate of drug-likeness (QED) is 0.105. The average Bonchev–Trinajstić information content (AvgIpc) is 2.94. The van der Waals surface area contributed by atoms with Crippen molar-refractivity contribution in [2.75, 3.05) is 7.11 Å². The number of ether oxygens (including phenoxy) is 3. The van der Waals surface area contributed by atoms with Crippen molar-refractivity contribution in [3.8, 4) is 17.2 Å². The molecule has 1 amide bonds. The molecule has 41 heavy (non-hydrogen) atoms. The minimum atomic E-state index is -1.82. The molecular formula is C28H31N3O10. The third kappa shape index (κ3) is 4.55. The molecule has 218 valence electrons. The molecule has 0 aromatic heterocycles. The van der Waals surface area contributed by atoms with Gasteiger partial charge in [-0.1, -0.05) is 12.1 Å². The first-order chi connectivity index (χ1) is 19.4. The Kier molecular flexibility index (Phi) is 7.34. The van der Waals surface area contributed by atoms with Gasteiger partial charge in [0.1, 0.15) is 22.8 Å². The minimum absolute atomic E-state index is 0.0135. The lowest BCUT2D eigenvalue weighted by Gasteiger charge is -2.42. The summed E-state index contributed by atoms with van der Waals surface area (Å²) in [7, 11) is 1.34. The number of aromatic hydroxyl groups is 2. The number of nitrogens with two attached hydrogens (primary N) is 1. The number of methoxy groups -OCH3 is 1. The van der Waals surface area contributed by atoms with Crippen LogP contribution in [0.25, 0.3) is 0 Å². The van der Waals surface area contributed by atoms with Gasteiger partial charge >= 0.3 is 0 Å². The van der Waals surface area contributed by atoms with E-state index in [9.17, 15) is 34.8 Å². The second-order valence-corrected chi connectivity index (χ2v) is 10.5. The molecular weight excluding hydrogens is 538 g/mol. The van der Waals surface area contributed by atoms with Crippen molar-refractivity contribution in [1.29, 1.82) is 0 Å². The summed E-state index contributed by atoms with van der Waals surface area (Å²) in [5.74, 6) is -2.52. The number of amides is 1. The average molecular weight is 570 g/mol. The van der Waals surface area contributed by atoms with Crippen molar-refractivity contribution >= 4 is 23.7 Å². The van der Waals surface area contributed by atoms with E-state index < -0.39 is 70.4 Å². The molecule has 5 rings (SSSR count). The van der Waals surface area contributed by atoms with E-state index in [-0.39, 0.29) is 53.0 Å². The van der Waals surface area contributed by atoms with Crippen molar-refractivity contribution in [3.05, 3.63) is 51.6 Å². The fourth-order valence-electron chi connectivity index (χ4n) is 5.89. The first kappa shape index (κ1) is 28.6. The standard InChI is InChI=1S/C28H31N3O10/c1-11-23(33)15(29)7-18(40-11)41-17-9-28(38,12(2)31-30-10-32)8-14-20(17)27(37)22-21(25(14)35)24(34)13-5-4-6-16(39-3)19(13)26(22)36/h4-6,10-11,15,17-18,23,33,35,37-38H,7-9,29H2,1-3H3,(H,30,32)/b31-12+/t11-,15+,17+,18-,23-,28-/m0/s1. The zero-order valence-corrected chi connectivity index (χ0v) is 22.6. The number of rotatable bonds is 6. The number of benzene rings is 2. The van der Waals surface area contributed by atoms with Crippen LogP contribution < -0.4 is 15.9 Å². The molecule has 6 atom stereocenters. The number of nitrogens with one attached hydrogen (secondary N) is 1. The molecule has 2 aromatic rings. The Morgan fingerprint density at radius 3 is 2.56 bits per heavy atom. The molecule has 1 heterocycles. The second kappa shape index (κ2) is 10.5. The molecule has 1 fully saturated rings. The van der Waals surface area contributed by atoms with Gasteiger partial charge in [0.05, 0.1) is 47.8 Å². The van der Waals surface area contributed by atoms with Gasteiger partial charge in [-0.15, -0.1) is 0 Å². The number of hydrogen-bond acceptors (Lipinski definition) is 12. The van der Waals surface area contributed by atoms with Gasteiger partial charge in [0.2, 0.25) is 12.2 Å². The lowest BCUT2D eigenvalue weighted by Crippen LogP contribution is -2.52. The Morgan fingerprint density at radius 1 is 1.20 bits per heavy atom. The summed E-state index contributed by atoms with van der Waals surface area (Å²) in [5, 5.41) is 48.9. The normalized spacial score (nSPS) is 29.3. The van der Waals surface area contributed by atoms with Crippen molar-refractivity contribution in [2.45, 2.75) is 69.4 Å². The Bertz CT molecular complexity index is 1460. The molecule has 13 heteroatoms. The number of aliphatic hydroxyl groups is 2. The van der Waals surface area contributed by atoms with E-state index in [0.717, 1.165) is 0 Å². The second-order valence-electron chi connectivity index (χ2n) is 10.5. The third-order valence-electron chi connectivity index (χ3n) is 8.10. The van der Waals surface area contributed by atoms with Crippen LogP contribution in [0, 0.1) is 0 Å². The number of phenolic OH excluding ortho intramolecular Hbond substituents is 2. The minimum Gasteiger partial charge on any atom is -0.507 e. The van der Waals surface area contributed by atoms with Crippen LogP contribution in [-0.2, 0) is 20.7 Å². The molecule has 2 aliphatic carbocycles. The number of fused-ring (bicyclic) bond motifs is 3. The number of ketones is 2. The van der Waals surface area contributed by atoms with Crippen LogP contribution in [0.2, 0.25) is 0 Å². The number of phenols is 2. The zero-order valence-electron chi connectivity index (χ0n) is 22.6. The molecule has 0 radical (unpaired) electrons. The molecule has 7 N–H and O–H groups in total. The van der Waals surface area contributed by atoms with Gasteiger partial charge < -0.3 is 40.4 Å². The topological polar surface area (TPSA) is 210 Å². The van der Waals surface area contributed by atoms with Crippen LogP contribution in [0.1, 0.15) is 75.8 Å². The summed E-state index contributed by atoms with van der Waals surface area (Å²) < 4.78 is 17.3. The highest BCUT2D eigenvalue weighted by molar-refractivity contribution is 6.31. The molecule has 0 bridgehead atoms. The van der Waals surface area contributed by atoms with Crippen molar-refractivity contribution in [3.63, 3.8) is 0 Å². The van der Waals surface area contributed by atoms with Gasteiger partial charge in [-0.3, -0.25) is 14.4 Å². The number of nitrogens with zero attached hydrogens (tertiary/aromatic N) is 1. The molecule has 3 aliphatic rings. The maximum absolute atomic E-state index is 13.7. The SMILES string of the molecule is COc1cccc2c1C(=O)c1c(O)c3c(c(O)c1C2=O)C[C@@](O)(/C(C)=N/NC=O)C[C@H]3O[C@H]1C[C@@H](N)[C@@H](O)[C@H](C)O1. The fraction of sp³-hybridized carbons (Fsp3) is 0.429. The predicted octanol–water partition coefficient (Wildman–Crippen LogP) is 0.562. The molecule has 0 unspecified atom stereocenters. The van der Waals surface area contributed by atoms with Gasteiger partial charge in [-0.2, -0.15) is 5.10 Å². The highest BCUT2D eigenvalue weighted by Crippen LogP contribution is 2.52. The third-order valence-corrected chi connectivity index (χ3v) is 8.10. The van der Waals surface area contributed by atoms with Gasteiger partial charge in [-0.25, -0.2) is 5.43 Å². The summed E-state index contributed by atoms with van der Waals surface area (Å²) in [6.07, 6.45) is -4.04. The largest absolute Gasteiger partial charge is 0.507 e. The Labute approximate surface area is 234 Å². The number of hydrogen-bond donors (Lipinski definition) is 6. The predicted molar refractivity (Wildman–Crippen MR) is 142 cm³/mol. The van der Waals surface area contributed by atoms with Crippen molar-refractivity contribution in [2.24, 2.45) is 10.8 Å². The number of hydrazone groups is 1. The van der Waals surface area contributed by atoms with E-state index in [4.69, 9.17) is 19.9 Å². The monoisotopic (exact) mass is 569 g/mol. The maximum atomic E-state index is 13.7. The van der Waals surface area contributed by atoms with Crippen LogP contribution in [-0.4, -0.2) is 81.4 Å². The van der Waals surface area contributed by atoms with Gasteiger partial charge in [0.25, 0.3) is 0 Å². The van der Waals surface area contributed by atoms with Gasteiger partial charge in [0.15, 0.2) is 12.1 Å². The molecule has 0 spiro atoms. The smallest absolute Gasteiger partial charge is 0.227 e. The fourth-order valence-corrected chi connectivity index (χ4v) is 5.89. The summed E-state index contributed by atoms with van der Waals surface area (Å²) in [6, 6.07) is 3.75. The van der Waals surface area contributed by atoms with Gasteiger partial charge in [-0.05, 0) is 19.9 Å². The van der Waals surface area contributed by atoms with E-state index in [0.29, 0.717) is 6.41 Å². The highest BCUT2D eigenvalue weighted by atomic mass is 16.7. The number of aliphatic hydroxyl groups excluding tert-OH is 1. The van der Waals surface area contributed by atoms with E-state index in [2.05, 4.69) is 10.5 Å². The molecule has 2 aromatic carbocycles. The van der Waals surface area contributed by atoms with E-state index in [1.54, 1.807) is 6.92 Å². The summed E-state index contributed by atoms with van der Waals surface area (Å²) in [4.78, 5) is 38.2. The van der Waals surface area contributed by atoms with Crippen LogP contribution in [0.5, 0.6) is 17.2 Å². The van der Waals surface area contributed by atoms with Crippen LogP contribution in [0.3, 0.4) is 0 Å². The lowest BCUT2D eigenvalue weighted by atomic mass is 9.72. The maximum Gasteiger partial charge on any atom is 0.227 e. The first-order valence-corrected chi connectivity index (χ1v) is 13.0. The number of carbonyl (C=O) groups is 3. The molecule has 13 nitrogen and oxygen atoms in total. The van der Waals surface area contributed by atoms with Gasteiger partial charge in [0, 0.05) is 42.0 Å². The molecule has 1 aliphatic heterocycles. The molecule has 1 saturated heterocycles. The van der Waals surface area contributed by atoms with E-state index in [1.807, 2.05) is 0 Å². The molecule has 0 saturated carbocycles. The Balaban J connectivity index is 1.69. The van der Waals surface area contributed by atoms with Crippen molar-refractivity contribution in [1.82, 2.24) is 5.43 Å². The van der Waals surface area contributed by atoms with Crippen LogP contribution >= 0.6 is 0 Å². The number of carbonyl (C=O) groups excluding carboxylic acids is 3. The van der Waals surface area contributed by atoms with Crippen LogP contribution in [0.15, 0.2) is 23.3 Å². The zero-order chi connectivity index (χ0) is 29.8. The highest BCUT2D eigenvalue weighted by Gasteiger charge is 2.49. The van der Waals surface area contributed by atoms with Crippen LogP contribution in [0.4, 0.5) is 0 Å². The first-order valence-electron chi connectivity index (χ1n) is 13.0.